The molecule has 0 aromatic heterocycles. The number of hydrogen-bond acceptors (Lipinski definition) is 7. The van der Waals surface area contributed by atoms with Gasteiger partial charge >= 0.3 is 0 Å². The molecule has 1 saturated heterocycles. The number of nitrogens with one attached hydrogen (secondary N) is 4. The minimum Gasteiger partial charge on any atom is -0.381 e. The lowest BCUT2D eigenvalue weighted by molar-refractivity contribution is -0.148. The Labute approximate surface area is 320 Å². The van der Waals surface area contributed by atoms with Crippen LogP contribution in [0.15, 0.2) is 60.7 Å². The maximum absolute atomic E-state index is 14.3. The van der Waals surface area contributed by atoms with Gasteiger partial charge in [-0.2, -0.15) is 0 Å². The van der Waals surface area contributed by atoms with Crippen LogP contribution in [0.5, 0.6) is 0 Å². The molecule has 53 heavy (non-hydrogen) atoms. The van der Waals surface area contributed by atoms with Gasteiger partial charge in [0, 0.05) is 17.2 Å². The lowest BCUT2D eigenvalue weighted by Gasteiger charge is -2.37. The summed E-state index contributed by atoms with van der Waals surface area (Å²) >= 11 is 1.45. The molecule has 1 heterocycles. The van der Waals surface area contributed by atoms with Crippen LogP contribution in [0.2, 0.25) is 0 Å². The van der Waals surface area contributed by atoms with Gasteiger partial charge in [-0.1, -0.05) is 116 Å². The Bertz CT molecular complexity index is 1570. The summed E-state index contributed by atoms with van der Waals surface area (Å²) in [6.45, 7) is 21.0. The van der Waals surface area contributed by atoms with Crippen LogP contribution >= 0.6 is 11.8 Å². The van der Waals surface area contributed by atoms with Crippen LogP contribution in [0.4, 0.5) is 0 Å². The molecule has 2 aromatic carbocycles. The average molecular weight is 752 g/mol. The highest BCUT2D eigenvalue weighted by Gasteiger charge is 2.50. The number of benzene rings is 2. The van der Waals surface area contributed by atoms with Crippen molar-refractivity contribution in [2.75, 3.05) is 5.88 Å². The third-order valence-electron chi connectivity index (χ3n) is 9.70. The highest BCUT2D eigenvalue weighted by molar-refractivity contribution is 8.00. The van der Waals surface area contributed by atoms with Crippen molar-refractivity contribution in [3.63, 3.8) is 0 Å². The second-order valence-corrected chi connectivity index (χ2v) is 18.8. The summed E-state index contributed by atoms with van der Waals surface area (Å²) in [6, 6.07) is 13.6. The third kappa shape index (κ3) is 12.1. The van der Waals surface area contributed by atoms with Crippen molar-refractivity contribution in [2.24, 2.45) is 16.7 Å². The molecule has 1 aliphatic heterocycles. The van der Waals surface area contributed by atoms with Crippen molar-refractivity contribution in [1.29, 1.82) is 0 Å². The van der Waals surface area contributed by atoms with Crippen LogP contribution in [-0.4, -0.2) is 80.4 Å². The fourth-order valence-corrected chi connectivity index (χ4v) is 7.22. The first-order chi connectivity index (χ1) is 24.5. The van der Waals surface area contributed by atoms with Crippen molar-refractivity contribution in [2.45, 2.75) is 130 Å². The van der Waals surface area contributed by atoms with Crippen LogP contribution in [0.3, 0.4) is 0 Å². The van der Waals surface area contributed by atoms with E-state index < -0.39 is 58.2 Å². The van der Waals surface area contributed by atoms with Crippen LogP contribution in [0, 0.1) is 16.7 Å². The van der Waals surface area contributed by atoms with Crippen molar-refractivity contribution < 1.29 is 29.1 Å². The largest absolute Gasteiger partial charge is 0.381 e. The standard InChI is InChI=1S/C41H61N5O6S/c1-25(2)22-30(47)44-31(28-20-16-13-17-21-28)35(49)45-33(40(7,8)9)36(50)43-29(23-27-18-14-12-15-19-27)32(48)38(52)46-24-53-41(10,11)34(46)37(51)42-26(3)39(4,5)6/h12-21,25-26,29,31-34,48H,22-24H2,1-11H3,(H,42,51)(H,43,50)(H,44,47)(H,45,49)/t26?,29-,31-,32-,33+,34+/m0/s1. The quantitative estimate of drug-likeness (QED) is 0.187. The van der Waals surface area contributed by atoms with E-state index in [1.807, 2.05) is 91.8 Å². The number of aliphatic hydroxyl groups is 1. The number of aliphatic hydroxyl groups excluding tert-OH is 1. The van der Waals surface area contributed by atoms with Crippen LogP contribution < -0.4 is 21.3 Å². The number of thioether (sulfide) groups is 1. The third-order valence-corrected chi connectivity index (χ3v) is 11.1. The Morgan fingerprint density at radius 1 is 0.811 bits per heavy atom. The molecule has 0 radical (unpaired) electrons. The van der Waals surface area contributed by atoms with E-state index in [1.54, 1.807) is 45.0 Å². The highest BCUT2D eigenvalue weighted by Crippen LogP contribution is 2.40. The topological polar surface area (TPSA) is 157 Å². The molecule has 1 fully saturated rings. The Morgan fingerprint density at radius 3 is 1.91 bits per heavy atom. The molecule has 0 saturated carbocycles. The van der Waals surface area contributed by atoms with E-state index in [1.165, 1.54) is 16.7 Å². The fourth-order valence-electron chi connectivity index (χ4n) is 6.08. The molecule has 5 N–H and O–H groups in total. The number of carbonyl (C=O) groups excluding carboxylic acids is 5. The van der Waals surface area contributed by atoms with Crippen LogP contribution in [0.1, 0.15) is 99.8 Å². The van der Waals surface area contributed by atoms with E-state index in [4.69, 9.17) is 0 Å². The predicted molar refractivity (Wildman–Crippen MR) is 210 cm³/mol. The lowest BCUT2D eigenvalue weighted by Crippen LogP contribution is -2.62. The van der Waals surface area contributed by atoms with Gasteiger partial charge in [-0.15, -0.1) is 11.8 Å². The molecule has 11 nitrogen and oxygen atoms in total. The minimum absolute atomic E-state index is 0.0696. The zero-order valence-corrected chi connectivity index (χ0v) is 34.1. The summed E-state index contributed by atoms with van der Waals surface area (Å²) in [5.41, 5.74) is 0.283. The summed E-state index contributed by atoms with van der Waals surface area (Å²) in [6.07, 6.45) is -1.39. The molecular weight excluding hydrogens is 691 g/mol. The number of hydrogen-bond donors (Lipinski definition) is 5. The van der Waals surface area contributed by atoms with Gasteiger partial charge in [0.2, 0.25) is 23.6 Å². The summed E-state index contributed by atoms with van der Waals surface area (Å²) in [5, 5.41) is 23.5. The van der Waals surface area contributed by atoms with Crippen molar-refractivity contribution in [3.8, 4) is 0 Å². The van der Waals surface area contributed by atoms with Crippen molar-refractivity contribution in [1.82, 2.24) is 26.2 Å². The van der Waals surface area contributed by atoms with Gasteiger partial charge in [-0.3, -0.25) is 24.0 Å². The summed E-state index contributed by atoms with van der Waals surface area (Å²) in [4.78, 5) is 70.5. The first-order valence-corrected chi connectivity index (χ1v) is 19.4. The van der Waals surface area contributed by atoms with E-state index in [2.05, 4.69) is 21.3 Å². The summed E-state index contributed by atoms with van der Waals surface area (Å²) in [5.74, 6) is -2.22. The van der Waals surface area contributed by atoms with E-state index >= 15 is 0 Å². The first kappa shape index (κ1) is 43.5. The molecule has 0 aliphatic carbocycles. The number of rotatable bonds is 14. The van der Waals surface area contributed by atoms with E-state index in [9.17, 15) is 29.1 Å². The Hall–Kier alpha value is -3.90. The van der Waals surface area contributed by atoms with Gasteiger partial charge in [0.05, 0.1) is 11.9 Å². The molecule has 5 amide bonds. The lowest BCUT2D eigenvalue weighted by atomic mass is 9.85. The van der Waals surface area contributed by atoms with Gasteiger partial charge in [0.1, 0.15) is 18.1 Å². The molecular formula is C41H61N5O6S. The molecule has 0 bridgehead atoms. The average Bonchev–Trinajstić information content (AvgIpc) is 3.39. The predicted octanol–water partition coefficient (Wildman–Crippen LogP) is 4.74. The van der Waals surface area contributed by atoms with E-state index in [0.29, 0.717) is 5.56 Å². The zero-order valence-electron chi connectivity index (χ0n) is 33.3. The van der Waals surface area contributed by atoms with E-state index in [-0.39, 0.29) is 47.9 Å². The van der Waals surface area contributed by atoms with Gasteiger partial charge in [0.25, 0.3) is 5.91 Å². The van der Waals surface area contributed by atoms with E-state index in [0.717, 1.165) is 5.56 Å². The molecule has 2 aromatic rings. The molecule has 0 spiro atoms. The fraction of sp³-hybridized carbons (Fsp3) is 0.585. The second-order valence-electron chi connectivity index (χ2n) is 17.3. The summed E-state index contributed by atoms with van der Waals surface area (Å²) < 4.78 is -0.642. The number of amides is 5. The molecule has 292 valence electrons. The van der Waals surface area contributed by atoms with Crippen LogP contribution in [-0.2, 0) is 30.4 Å². The minimum atomic E-state index is -1.72. The number of nitrogens with zero attached hydrogens (tertiary/aromatic N) is 1. The van der Waals surface area contributed by atoms with Gasteiger partial charge < -0.3 is 31.3 Å². The molecule has 12 heteroatoms. The van der Waals surface area contributed by atoms with Gasteiger partial charge in [0.15, 0.2) is 6.10 Å². The molecule has 3 rings (SSSR count). The Balaban J connectivity index is 1.93. The van der Waals surface area contributed by atoms with Crippen molar-refractivity contribution >= 4 is 41.3 Å². The molecule has 6 atom stereocenters. The maximum Gasteiger partial charge on any atom is 0.254 e. The van der Waals surface area contributed by atoms with Gasteiger partial charge in [-0.25, -0.2) is 0 Å². The summed E-state index contributed by atoms with van der Waals surface area (Å²) in [7, 11) is 0. The monoisotopic (exact) mass is 751 g/mol. The Kier molecular flexibility index (Phi) is 14.7. The second kappa shape index (κ2) is 18.0. The van der Waals surface area contributed by atoms with Gasteiger partial charge in [-0.05, 0) is 55.1 Å². The molecule has 1 unspecified atom stereocenters. The number of carbonyl (C=O) groups is 5. The smallest absolute Gasteiger partial charge is 0.254 e. The zero-order chi connectivity index (χ0) is 39.9. The maximum atomic E-state index is 14.3. The highest BCUT2D eigenvalue weighted by atomic mass is 32.2. The Morgan fingerprint density at radius 2 is 1.38 bits per heavy atom. The SMILES string of the molecule is CC(C)CC(=O)N[C@H](C(=O)N[C@H](C(=O)N[C@@H](Cc1ccccc1)[C@H](O)C(=O)N1CSC(C)(C)[C@H]1C(=O)NC(C)C(C)(C)C)C(C)(C)C)c1ccccc1. The van der Waals surface area contributed by atoms with Crippen molar-refractivity contribution in [3.05, 3.63) is 71.8 Å². The van der Waals surface area contributed by atoms with Crippen LogP contribution in [0.25, 0.3) is 0 Å². The molecule has 1 aliphatic rings. The normalized spacial score (nSPS) is 18.7. The first-order valence-electron chi connectivity index (χ1n) is 18.4.